The first-order valence-corrected chi connectivity index (χ1v) is 7.22. The van der Waals surface area contributed by atoms with Gasteiger partial charge in [-0.1, -0.05) is 19.9 Å². The van der Waals surface area contributed by atoms with Gasteiger partial charge in [0.05, 0.1) is 14.2 Å². The summed E-state index contributed by atoms with van der Waals surface area (Å²) in [4.78, 5) is 11.5. The molecule has 1 aromatic rings. The summed E-state index contributed by atoms with van der Waals surface area (Å²) in [5.74, 6) is 1.66. The average molecular weight is 294 g/mol. The van der Waals surface area contributed by atoms with Gasteiger partial charge in [0.1, 0.15) is 11.5 Å². The number of carbonyl (C=O) groups is 1. The molecule has 1 unspecified atom stereocenters. The average Bonchev–Trinajstić information content (AvgIpc) is 2.50. The highest BCUT2D eigenvalue weighted by molar-refractivity contribution is 5.77. The van der Waals surface area contributed by atoms with Crippen molar-refractivity contribution in [2.24, 2.45) is 5.92 Å². The van der Waals surface area contributed by atoms with Crippen LogP contribution in [0.1, 0.15) is 32.4 Å². The molecular formula is C16H26N2O3. The zero-order chi connectivity index (χ0) is 15.8. The molecule has 1 rings (SSSR count). The molecule has 5 heteroatoms. The maximum Gasteiger partial charge on any atom is 0.222 e. The van der Waals surface area contributed by atoms with Crippen LogP contribution in [0.25, 0.3) is 0 Å². The third-order valence-corrected chi connectivity index (χ3v) is 3.31. The van der Waals surface area contributed by atoms with Gasteiger partial charge in [-0.3, -0.25) is 4.79 Å². The normalized spacial score (nSPS) is 12.1. The molecule has 0 aliphatic carbocycles. The highest BCUT2D eigenvalue weighted by atomic mass is 16.5. The monoisotopic (exact) mass is 294 g/mol. The van der Waals surface area contributed by atoms with Crippen LogP contribution >= 0.6 is 0 Å². The molecule has 0 saturated carbocycles. The molecule has 0 heterocycles. The van der Waals surface area contributed by atoms with Crippen LogP contribution in [-0.2, 0) is 4.79 Å². The summed E-state index contributed by atoms with van der Waals surface area (Å²) in [6.45, 7) is 7.14. The van der Waals surface area contributed by atoms with Gasteiger partial charge >= 0.3 is 0 Å². The molecule has 2 N–H and O–H groups in total. The van der Waals surface area contributed by atoms with Crippen molar-refractivity contribution in [1.82, 2.24) is 10.6 Å². The molecule has 0 saturated heterocycles. The third kappa shape index (κ3) is 5.27. The van der Waals surface area contributed by atoms with E-state index in [4.69, 9.17) is 9.47 Å². The van der Waals surface area contributed by atoms with Gasteiger partial charge in [-0.15, -0.1) is 0 Å². The third-order valence-electron chi connectivity index (χ3n) is 3.31. The zero-order valence-corrected chi connectivity index (χ0v) is 13.5. The van der Waals surface area contributed by atoms with Crippen LogP contribution < -0.4 is 20.1 Å². The molecule has 0 aliphatic heterocycles. The number of rotatable bonds is 8. The first kappa shape index (κ1) is 17.3. The number of hydrogen-bond acceptors (Lipinski definition) is 4. The van der Waals surface area contributed by atoms with E-state index in [1.165, 1.54) is 0 Å². The van der Waals surface area contributed by atoms with E-state index >= 15 is 0 Å². The van der Waals surface area contributed by atoms with E-state index in [-0.39, 0.29) is 17.9 Å². The summed E-state index contributed by atoms with van der Waals surface area (Å²) in [6.07, 6.45) is 0. The number of methoxy groups -OCH3 is 2. The van der Waals surface area contributed by atoms with Crippen LogP contribution in [0.5, 0.6) is 11.5 Å². The Labute approximate surface area is 127 Å². The summed E-state index contributed by atoms with van der Waals surface area (Å²) in [5, 5.41) is 6.25. The number of ether oxygens (including phenoxy) is 2. The summed E-state index contributed by atoms with van der Waals surface area (Å²) < 4.78 is 10.6. The highest BCUT2D eigenvalue weighted by Gasteiger charge is 2.12. The number of hydrogen-bond donors (Lipinski definition) is 2. The van der Waals surface area contributed by atoms with Gasteiger partial charge in [-0.2, -0.15) is 0 Å². The predicted octanol–water partition coefficient (Wildman–Crippen LogP) is 2.13. The number of amides is 1. The van der Waals surface area contributed by atoms with Gasteiger partial charge in [0.2, 0.25) is 5.91 Å². The molecular weight excluding hydrogens is 268 g/mol. The van der Waals surface area contributed by atoms with E-state index in [9.17, 15) is 4.79 Å². The van der Waals surface area contributed by atoms with Crippen LogP contribution in [-0.4, -0.2) is 33.2 Å². The van der Waals surface area contributed by atoms with Crippen molar-refractivity contribution < 1.29 is 14.3 Å². The molecule has 0 radical (unpaired) electrons. The van der Waals surface area contributed by atoms with E-state index in [0.717, 1.165) is 17.1 Å². The quantitative estimate of drug-likeness (QED) is 0.721. The minimum Gasteiger partial charge on any atom is -0.497 e. The predicted molar refractivity (Wildman–Crippen MR) is 83.8 cm³/mol. The molecule has 21 heavy (non-hydrogen) atoms. The molecule has 0 aliphatic rings. The second-order valence-electron chi connectivity index (χ2n) is 5.23. The second-order valence-corrected chi connectivity index (χ2v) is 5.23. The van der Waals surface area contributed by atoms with Crippen molar-refractivity contribution in [3.63, 3.8) is 0 Å². The number of benzene rings is 1. The van der Waals surface area contributed by atoms with Crippen molar-refractivity contribution in [3.8, 4) is 11.5 Å². The standard InChI is InChI=1S/C16H26N2O3/c1-11(2)16(19)18-9-8-17-12(3)14-7-6-13(20-4)10-15(14)21-5/h6-7,10-12,17H,8-9H2,1-5H3,(H,18,19). The van der Waals surface area contributed by atoms with E-state index in [1.54, 1.807) is 14.2 Å². The van der Waals surface area contributed by atoms with Gasteiger partial charge in [-0.25, -0.2) is 0 Å². The lowest BCUT2D eigenvalue weighted by atomic mass is 10.1. The van der Waals surface area contributed by atoms with E-state index in [2.05, 4.69) is 17.6 Å². The Morgan fingerprint density at radius 2 is 1.86 bits per heavy atom. The lowest BCUT2D eigenvalue weighted by Crippen LogP contribution is -2.35. The van der Waals surface area contributed by atoms with Gasteiger partial charge in [-0.05, 0) is 13.0 Å². The Morgan fingerprint density at radius 3 is 2.43 bits per heavy atom. The van der Waals surface area contributed by atoms with Crippen LogP contribution in [0, 0.1) is 5.92 Å². The lowest BCUT2D eigenvalue weighted by Gasteiger charge is -2.18. The molecule has 5 nitrogen and oxygen atoms in total. The highest BCUT2D eigenvalue weighted by Crippen LogP contribution is 2.29. The summed E-state index contributed by atoms with van der Waals surface area (Å²) in [7, 11) is 3.28. The fourth-order valence-electron chi connectivity index (χ4n) is 1.96. The topological polar surface area (TPSA) is 59.6 Å². The minimum atomic E-state index is 0.0177. The summed E-state index contributed by atoms with van der Waals surface area (Å²) >= 11 is 0. The van der Waals surface area contributed by atoms with E-state index < -0.39 is 0 Å². The van der Waals surface area contributed by atoms with Gasteiger partial charge < -0.3 is 20.1 Å². The summed E-state index contributed by atoms with van der Waals surface area (Å²) in [6, 6.07) is 5.90. The first-order chi connectivity index (χ1) is 9.99. The molecule has 1 atom stereocenters. The fourth-order valence-corrected chi connectivity index (χ4v) is 1.96. The Hall–Kier alpha value is -1.75. The number of nitrogens with one attached hydrogen (secondary N) is 2. The van der Waals surface area contributed by atoms with Gasteiger partial charge in [0.25, 0.3) is 0 Å². The van der Waals surface area contributed by atoms with Crippen LogP contribution in [0.3, 0.4) is 0 Å². The van der Waals surface area contributed by atoms with Crippen LogP contribution in [0.4, 0.5) is 0 Å². The molecule has 0 aromatic heterocycles. The molecule has 0 bridgehead atoms. The van der Waals surface area contributed by atoms with Gasteiger partial charge in [0.15, 0.2) is 0 Å². The van der Waals surface area contributed by atoms with Crippen molar-refractivity contribution in [3.05, 3.63) is 23.8 Å². The Bertz CT molecular complexity index is 461. The molecule has 0 fully saturated rings. The number of carbonyl (C=O) groups excluding carboxylic acids is 1. The zero-order valence-electron chi connectivity index (χ0n) is 13.5. The van der Waals surface area contributed by atoms with Crippen molar-refractivity contribution in [2.75, 3.05) is 27.3 Å². The van der Waals surface area contributed by atoms with Crippen molar-refractivity contribution >= 4 is 5.91 Å². The van der Waals surface area contributed by atoms with Crippen LogP contribution in [0.15, 0.2) is 18.2 Å². The maximum atomic E-state index is 11.5. The second kappa shape index (κ2) is 8.52. The van der Waals surface area contributed by atoms with E-state index in [0.29, 0.717) is 13.1 Å². The first-order valence-electron chi connectivity index (χ1n) is 7.22. The van der Waals surface area contributed by atoms with Crippen molar-refractivity contribution in [2.45, 2.75) is 26.8 Å². The maximum absolute atomic E-state index is 11.5. The smallest absolute Gasteiger partial charge is 0.222 e. The van der Waals surface area contributed by atoms with Crippen molar-refractivity contribution in [1.29, 1.82) is 0 Å². The SMILES string of the molecule is COc1ccc(C(C)NCCNC(=O)C(C)C)c(OC)c1. The lowest BCUT2D eigenvalue weighted by molar-refractivity contribution is -0.123. The molecule has 1 aromatic carbocycles. The Balaban J connectivity index is 2.52. The largest absolute Gasteiger partial charge is 0.497 e. The molecule has 1 amide bonds. The molecule has 0 spiro atoms. The fraction of sp³-hybridized carbons (Fsp3) is 0.562. The Kier molecular flexibility index (Phi) is 7.02. The van der Waals surface area contributed by atoms with Crippen LogP contribution in [0.2, 0.25) is 0 Å². The Morgan fingerprint density at radius 1 is 1.14 bits per heavy atom. The summed E-state index contributed by atoms with van der Waals surface area (Å²) in [5.41, 5.74) is 1.06. The minimum absolute atomic E-state index is 0.0177. The molecule has 118 valence electrons. The van der Waals surface area contributed by atoms with E-state index in [1.807, 2.05) is 32.0 Å². The van der Waals surface area contributed by atoms with Gasteiger partial charge in [0, 0.05) is 36.7 Å².